The minimum absolute atomic E-state index is 0.0576. The van der Waals surface area contributed by atoms with Crippen LogP contribution in [-0.4, -0.2) is 78.6 Å². The monoisotopic (exact) mass is 442 g/mol. The third kappa shape index (κ3) is 4.52. The molecular formula is C24H34N4O4. The summed E-state index contributed by atoms with van der Waals surface area (Å²) < 4.78 is 5.52. The van der Waals surface area contributed by atoms with Gasteiger partial charge in [0, 0.05) is 30.9 Å². The number of amides is 4. The first-order valence-corrected chi connectivity index (χ1v) is 11.7. The molecule has 2 saturated heterocycles. The van der Waals surface area contributed by atoms with Crippen molar-refractivity contribution in [2.45, 2.75) is 57.5 Å². The van der Waals surface area contributed by atoms with E-state index in [9.17, 15) is 14.4 Å². The van der Waals surface area contributed by atoms with Crippen molar-refractivity contribution in [3.8, 4) is 0 Å². The number of nitrogens with zero attached hydrogens (tertiary/aromatic N) is 3. The van der Waals surface area contributed by atoms with Gasteiger partial charge >= 0.3 is 6.03 Å². The van der Waals surface area contributed by atoms with Crippen LogP contribution in [0.5, 0.6) is 0 Å². The fourth-order valence-corrected chi connectivity index (χ4v) is 5.23. The topological polar surface area (TPSA) is 82.2 Å². The molecule has 0 unspecified atom stereocenters. The van der Waals surface area contributed by atoms with Crippen LogP contribution >= 0.6 is 0 Å². The van der Waals surface area contributed by atoms with Gasteiger partial charge in [-0.2, -0.15) is 0 Å². The summed E-state index contributed by atoms with van der Waals surface area (Å²) in [6.07, 6.45) is 5.63. The molecule has 2 heterocycles. The molecule has 32 heavy (non-hydrogen) atoms. The number of aryl methyl sites for hydroxylation is 1. The van der Waals surface area contributed by atoms with Crippen LogP contribution in [0.25, 0.3) is 0 Å². The van der Waals surface area contributed by atoms with Crippen LogP contribution in [0.2, 0.25) is 0 Å². The lowest BCUT2D eigenvalue weighted by Gasteiger charge is -2.48. The summed E-state index contributed by atoms with van der Waals surface area (Å²) in [6, 6.07) is 6.40. The van der Waals surface area contributed by atoms with Gasteiger partial charge in [-0.3, -0.25) is 24.3 Å². The number of nitrogens with one attached hydrogen (secondary N) is 1. The predicted octanol–water partition coefficient (Wildman–Crippen LogP) is 2.30. The smallest absolute Gasteiger partial charge is 0.332 e. The van der Waals surface area contributed by atoms with E-state index in [0.717, 1.165) is 62.4 Å². The molecule has 1 aromatic carbocycles. The van der Waals surface area contributed by atoms with E-state index < -0.39 is 12.1 Å². The first-order chi connectivity index (χ1) is 15.4. The Kier molecular flexibility index (Phi) is 6.81. The Hall–Kier alpha value is -2.45. The van der Waals surface area contributed by atoms with E-state index >= 15 is 0 Å². The lowest BCUT2D eigenvalue weighted by Crippen LogP contribution is -2.60. The van der Waals surface area contributed by atoms with Crippen molar-refractivity contribution in [2.24, 2.45) is 0 Å². The number of hydrogen-bond donors (Lipinski definition) is 1. The van der Waals surface area contributed by atoms with Crippen molar-refractivity contribution in [1.29, 1.82) is 0 Å². The highest BCUT2D eigenvalue weighted by molar-refractivity contribution is 6.15. The largest absolute Gasteiger partial charge is 0.379 e. The SMILES string of the molecule is Cc1ccc(N2C(=O)N(CC(=O)NCC3(N4CCOCC4)CCCCC3)C(=O)[C@@H]2C)cc1. The second-order valence-electron chi connectivity index (χ2n) is 9.25. The first-order valence-electron chi connectivity index (χ1n) is 11.7. The molecule has 1 saturated carbocycles. The van der Waals surface area contributed by atoms with Gasteiger partial charge in [-0.15, -0.1) is 0 Å². The van der Waals surface area contributed by atoms with Gasteiger partial charge in [-0.05, 0) is 38.8 Å². The van der Waals surface area contributed by atoms with Crippen molar-refractivity contribution in [3.05, 3.63) is 29.8 Å². The normalized spacial score (nSPS) is 24.1. The summed E-state index contributed by atoms with van der Waals surface area (Å²) in [6.45, 7) is 7.16. The molecule has 0 radical (unpaired) electrons. The van der Waals surface area contributed by atoms with Crippen LogP contribution in [0.4, 0.5) is 10.5 Å². The number of morpholine rings is 1. The predicted molar refractivity (Wildman–Crippen MR) is 121 cm³/mol. The van der Waals surface area contributed by atoms with Crippen molar-refractivity contribution in [1.82, 2.24) is 15.1 Å². The number of urea groups is 1. The molecule has 0 aromatic heterocycles. The maximum atomic E-state index is 13.0. The molecule has 0 spiro atoms. The summed E-state index contributed by atoms with van der Waals surface area (Å²) >= 11 is 0. The number of imide groups is 1. The molecule has 1 atom stereocenters. The Labute approximate surface area is 189 Å². The third-order valence-electron chi connectivity index (χ3n) is 7.14. The zero-order chi connectivity index (χ0) is 22.7. The Balaban J connectivity index is 1.40. The van der Waals surface area contributed by atoms with Gasteiger partial charge in [0.15, 0.2) is 0 Å². The molecule has 2 aliphatic heterocycles. The molecule has 0 bridgehead atoms. The van der Waals surface area contributed by atoms with Crippen LogP contribution in [0.15, 0.2) is 24.3 Å². The van der Waals surface area contributed by atoms with E-state index in [0.29, 0.717) is 12.2 Å². The number of carbonyl (C=O) groups is 3. The molecule has 8 nitrogen and oxygen atoms in total. The van der Waals surface area contributed by atoms with Gasteiger partial charge in [-0.1, -0.05) is 37.0 Å². The van der Waals surface area contributed by atoms with Gasteiger partial charge in [0.05, 0.1) is 13.2 Å². The van der Waals surface area contributed by atoms with Gasteiger partial charge in [0.1, 0.15) is 12.6 Å². The standard InChI is InChI=1S/C24H34N4O4/c1-18-6-8-20(9-7-18)28-19(2)22(30)27(23(28)31)16-21(29)25-17-24(10-4-3-5-11-24)26-12-14-32-15-13-26/h6-9,19H,3-5,10-17H2,1-2H3,(H,25,29)/t19-/m0/s1. The lowest BCUT2D eigenvalue weighted by molar-refractivity contribution is -0.132. The van der Waals surface area contributed by atoms with E-state index in [1.54, 1.807) is 6.92 Å². The zero-order valence-corrected chi connectivity index (χ0v) is 19.1. The minimum Gasteiger partial charge on any atom is -0.379 e. The van der Waals surface area contributed by atoms with Crippen LogP contribution < -0.4 is 10.2 Å². The highest BCUT2D eigenvalue weighted by atomic mass is 16.5. The average molecular weight is 443 g/mol. The van der Waals surface area contributed by atoms with E-state index in [-0.39, 0.29) is 23.9 Å². The molecule has 8 heteroatoms. The Morgan fingerprint density at radius 2 is 1.75 bits per heavy atom. The van der Waals surface area contributed by atoms with E-state index in [4.69, 9.17) is 4.74 Å². The number of rotatable bonds is 6. The number of benzene rings is 1. The average Bonchev–Trinajstić information content (AvgIpc) is 3.03. The summed E-state index contributed by atoms with van der Waals surface area (Å²) in [5.41, 5.74) is 1.68. The molecule has 1 N–H and O–H groups in total. The summed E-state index contributed by atoms with van der Waals surface area (Å²) in [7, 11) is 0. The van der Waals surface area contributed by atoms with Crippen LogP contribution in [0.1, 0.15) is 44.6 Å². The zero-order valence-electron chi connectivity index (χ0n) is 19.1. The fraction of sp³-hybridized carbons (Fsp3) is 0.625. The Morgan fingerprint density at radius 3 is 2.41 bits per heavy atom. The molecule has 4 amide bonds. The second-order valence-corrected chi connectivity index (χ2v) is 9.25. The summed E-state index contributed by atoms with van der Waals surface area (Å²) in [5, 5.41) is 3.05. The van der Waals surface area contributed by atoms with E-state index in [1.165, 1.54) is 11.3 Å². The maximum Gasteiger partial charge on any atom is 0.332 e. The molecule has 1 aromatic rings. The molecule has 1 aliphatic carbocycles. The number of carbonyl (C=O) groups excluding carboxylic acids is 3. The molecule has 174 valence electrons. The molecule has 3 aliphatic rings. The van der Waals surface area contributed by atoms with Crippen LogP contribution in [0.3, 0.4) is 0 Å². The molecule has 4 rings (SSSR count). The van der Waals surface area contributed by atoms with Crippen molar-refractivity contribution in [3.63, 3.8) is 0 Å². The number of hydrogen-bond acceptors (Lipinski definition) is 5. The fourth-order valence-electron chi connectivity index (χ4n) is 5.23. The quantitative estimate of drug-likeness (QED) is 0.684. The van der Waals surface area contributed by atoms with Gasteiger partial charge < -0.3 is 10.1 Å². The van der Waals surface area contributed by atoms with Crippen molar-refractivity contribution >= 4 is 23.5 Å². The first kappa shape index (κ1) is 22.7. The van der Waals surface area contributed by atoms with Crippen molar-refractivity contribution in [2.75, 3.05) is 44.3 Å². The highest BCUT2D eigenvalue weighted by Gasteiger charge is 2.44. The lowest BCUT2D eigenvalue weighted by atomic mass is 9.79. The maximum absolute atomic E-state index is 13.0. The summed E-state index contributed by atoms with van der Waals surface area (Å²) in [5.74, 6) is -0.630. The molecular weight excluding hydrogens is 408 g/mol. The van der Waals surface area contributed by atoms with E-state index in [1.807, 2.05) is 31.2 Å². The molecule has 3 fully saturated rings. The second kappa shape index (κ2) is 9.58. The Bertz CT molecular complexity index is 844. The van der Waals surface area contributed by atoms with Gasteiger partial charge in [0.2, 0.25) is 5.91 Å². The van der Waals surface area contributed by atoms with Gasteiger partial charge in [-0.25, -0.2) is 4.79 Å². The Morgan fingerprint density at radius 1 is 1.09 bits per heavy atom. The van der Waals surface area contributed by atoms with Crippen LogP contribution in [0, 0.1) is 6.92 Å². The van der Waals surface area contributed by atoms with Crippen LogP contribution in [-0.2, 0) is 14.3 Å². The number of ether oxygens (including phenoxy) is 1. The number of anilines is 1. The third-order valence-corrected chi connectivity index (χ3v) is 7.14. The van der Waals surface area contributed by atoms with Gasteiger partial charge in [0.25, 0.3) is 5.91 Å². The van der Waals surface area contributed by atoms with Crippen molar-refractivity contribution < 1.29 is 19.1 Å². The highest BCUT2D eigenvalue weighted by Crippen LogP contribution is 2.34. The van der Waals surface area contributed by atoms with E-state index in [2.05, 4.69) is 10.2 Å². The summed E-state index contributed by atoms with van der Waals surface area (Å²) in [4.78, 5) is 43.6. The minimum atomic E-state index is -0.629.